The average molecular weight is 272 g/mol. The lowest BCUT2D eigenvalue weighted by atomic mass is 9.52. The third-order valence-corrected chi connectivity index (χ3v) is 6.50. The van der Waals surface area contributed by atoms with Gasteiger partial charge < -0.3 is 10.2 Å². The zero-order chi connectivity index (χ0) is 13.3. The molecular weight excluding hydrogens is 248 g/mol. The molecule has 1 heterocycles. The summed E-state index contributed by atoms with van der Waals surface area (Å²) in [6.45, 7) is 0. The average Bonchev–Trinajstić information content (AvgIpc) is 2.79. The highest BCUT2D eigenvalue weighted by Crippen LogP contribution is 2.59. The number of aryl methyl sites for hydroxylation is 1. The van der Waals surface area contributed by atoms with Crippen molar-refractivity contribution in [1.82, 2.24) is 4.98 Å². The molecule has 108 valence electrons. The van der Waals surface area contributed by atoms with Crippen LogP contribution in [0.15, 0.2) is 4.42 Å². The molecule has 3 nitrogen and oxygen atoms in total. The van der Waals surface area contributed by atoms with Gasteiger partial charge in [-0.2, -0.15) is 0 Å². The molecule has 20 heavy (non-hydrogen) atoms. The molecule has 0 radical (unpaired) electrons. The number of hydrogen-bond donors (Lipinski definition) is 1. The van der Waals surface area contributed by atoms with Crippen LogP contribution in [0.4, 0.5) is 0 Å². The number of aromatic nitrogens is 1. The third-order valence-electron chi connectivity index (χ3n) is 6.50. The van der Waals surface area contributed by atoms with E-state index < -0.39 is 0 Å². The molecule has 2 N–H and O–H groups in total. The molecule has 1 atom stereocenters. The summed E-state index contributed by atoms with van der Waals surface area (Å²) in [6.07, 6.45) is 10.2. The van der Waals surface area contributed by atoms with Crippen molar-refractivity contribution in [3.8, 4) is 0 Å². The minimum Gasteiger partial charge on any atom is -0.445 e. The maximum absolute atomic E-state index is 6.21. The molecule has 1 aromatic heterocycles. The molecule has 0 amide bonds. The quantitative estimate of drug-likeness (QED) is 0.855. The SMILES string of the molecule is NC1CCc2oc(C3C4CC5CC(C4)CC3C5)nc2C1. The highest BCUT2D eigenvalue weighted by Gasteiger charge is 2.50. The molecule has 0 spiro atoms. The first-order valence-electron chi connectivity index (χ1n) is 8.50. The summed E-state index contributed by atoms with van der Waals surface area (Å²) in [5.74, 6) is 6.62. The first-order chi connectivity index (χ1) is 9.76. The van der Waals surface area contributed by atoms with Gasteiger partial charge in [-0.15, -0.1) is 0 Å². The maximum Gasteiger partial charge on any atom is 0.198 e. The molecule has 5 aliphatic rings. The standard InChI is InChI=1S/C17H24N2O/c18-13-1-2-15-14(8-13)19-17(20-15)16-11-4-9-3-10(6-11)7-12(16)5-9/h9-13,16H,1-8,18H2. The van der Waals surface area contributed by atoms with Crippen LogP contribution in [0.5, 0.6) is 0 Å². The largest absolute Gasteiger partial charge is 0.445 e. The van der Waals surface area contributed by atoms with Crippen LogP contribution in [0.3, 0.4) is 0 Å². The van der Waals surface area contributed by atoms with Gasteiger partial charge in [0.2, 0.25) is 0 Å². The monoisotopic (exact) mass is 272 g/mol. The molecule has 0 saturated heterocycles. The van der Waals surface area contributed by atoms with Gasteiger partial charge in [0.15, 0.2) is 5.89 Å². The van der Waals surface area contributed by atoms with Gasteiger partial charge >= 0.3 is 0 Å². The van der Waals surface area contributed by atoms with E-state index in [1.54, 1.807) is 0 Å². The van der Waals surface area contributed by atoms with Gasteiger partial charge in [0.05, 0.1) is 5.69 Å². The molecule has 1 aromatic rings. The highest BCUT2D eigenvalue weighted by molar-refractivity contribution is 5.19. The van der Waals surface area contributed by atoms with E-state index in [4.69, 9.17) is 15.1 Å². The molecular formula is C17H24N2O. The number of nitrogens with zero attached hydrogens (tertiary/aromatic N) is 1. The number of oxazole rings is 1. The van der Waals surface area contributed by atoms with Crippen molar-refractivity contribution in [3.05, 3.63) is 17.3 Å². The highest BCUT2D eigenvalue weighted by atomic mass is 16.4. The zero-order valence-corrected chi connectivity index (χ0v) is 12.1. The molecule has 4 fully saturated rings. The van der Waals surface area contributed by atoms with Crippen molar-refractivity contribution in [1.29, 1.82) is 0 Å². The Bertz CT molecular complexity index is 507. The van der Waals surface area contributed by atoms with Crippen LogP contribution in [0.2, 0.25) is 0 Å². The Balaban J connectivity index is 1.48. The minimum atomic E-state index is 0.291. The van der Waals surface area contributed by atoms with Crippen molar-refractivity contribution >= 4 is 0 Å². The number of rotatable bonds is 1. The summed E-state index contributed by atoms with van der Waals surface area (Å²) in [5.41, 5.74) is 7.25. The smallest absolute Gasteiger partial charge is 0.198 e. The van der Waals surface area contributed by atoms with Gasteiger partial charge in [0.25, 0.3) is 0 Å². The predicted octanol–water partition coefficient (Wildman–Crippen LogP) is 3.03. The van der Waals surface area contributed by atoms with Gasteiger partial charge in [0.1, 0.15) is 5.76 Å². The zero-order valence-electron chi connectivity index (χ0n) is 12.1. The van der Waals surface area contributed by atoms with Crippen LogP contribution >= 0.6 is 0 Å². The maximum atomic E-state index is 6.21. The summed E-state index contributed by atoms with van der Waals surface area (Å²) in [6, 6.07) is 0.291. The lowest BCUT2D eigenvalue weighted by Crippen LogP contribution is -2.43. The van der Waals surface area contributed by atoms with Crippen LogP contribution in [0.25, 0.3) is 0 Å². The normalized spacial score (nSPS) is 45.6. The van der Waals surface area contributed by atoms with E-state index in [-0.39, 0.29) is 0 Å². The minimum absolute atomic E-state index is 0.291. The summed E-state index contributed by atoms with van der Waals surface area (Å²) < 4.78 is 6.21. The lowest BCUT2D eigenvalue weighted by Gasteiger charge is -2.53. The van der Waals surface area contributed by atoms with Crippen LogP contribution in [-0.4, -0.2) is 11.0 Å². The van der Waals surface area contributed by atoms with Crippen molar-refractivity contribution in [2.24, 2.45) is 29.4 Å². The fourth-order valence-corrected chi connectivity index (χ4v) is 5.90. The summed E-state index contributed by atoms with van der Waals surface area (Å²) in [5, 5.41) is 0. The molecule has 3 heteroatoms. The number of nitrogens with two attached hydrogens (primary N) is 1. The van der Waals surface area contributed by atoms with Gasteiger partial charge in [-0.1, -0.05) is 0 Å². The number of hydrogen-bond acceptors (Lipinski definition) is 3. The van der Waals surface area contributed by atoms with Crippen molar-refractivity contribution < 1.29 is 4.42 Å². The van der Waals surface area contributed by atoms with E-state index in [9.17, 15) is 0 Å². The third kappa shape index (κ3) is 1.65. The Morgan fingerprint density at radius 3 is 2.40 bits per heavy atom. The van der Waals surface area contributed by atoms with E-state index in [1.807, 2.05) is 0 Å². The Kier molecular flexibility index (Phi) is 2.41. The molecule has 4 bridgehead atoms. The number of fused-ring (bicyclic) bond motifs is 1. The summed E-state index contributed by atoms with van der Waals surface area (Å²) in [7, 11) is 0. The Hall–Kier alpha value is -0.830. The Labute approximate surface area is 120 Å². The van der Waals surface area contributed by atoms with E-state index in [2.05, 4.69) is 0 Å². The summed E-state index contributed by atoms with van der Waals surface area (Å²) in [4.78, 5) is 4.90. The van der Waals surface area contributed by atoms with E-state index in [0.717, 1.165) is 54.6 Å². The van der Waals surface area contributed by atoms with Crippen LogP contribution in [-0.2, 0) is 12.8 Å². The fraction of sp³-hybridized carbons (Fsp3) is 0.824. The van der Waals surface area contributed by atoms with E-state index >= 15 is 0 Å². The van der Waals surface area contributed by atoms with Crippen LogP contribution < -0.4 is 5.73 Å². The van der Waals surface area contributed by atoms with Gasteiger partial charge in [0, 0.05) is 24.8 Å². The van der Waals surface area contributed by atoms with Crippen molar-refractivity contribution in [2.45, 2.75) is 63.3 Å². The predicted molar refractivity (Wildman–Crippen MR) is 76.3 cm³/mol. The molecule has 6 rings (SSSR count). The van der Waals surface area contributed by atoms with E-state index in [0.29, 0.717) is 12.0 Å². The molecule has 0 aromatic carbocycles. The molecule has 5 aliphatic carbocycles. The Morgan fingerprint density at radius 2 is 1.70 bits per heavy atom. The Morgan fingerprint density at radius 1 is 1.00 bits per heavy atom. The lowest BCUT2D eigenvalue weighted by molar-refractivity contribution is -0.0117. The second-order valence-electron chi connectivity index (χ2n) is 7.88. The second kappa shape index (κ2) is 4.09. The van der Waals surface area contributed by atoms with Crippen LogP contribution in [0, 0.1) is 23.7 Å². The second-order valence-corrected chi connectivity index (χ2v) is 7.88. The fourth-order valence-electron chi connectivity index (χ4n) is 5.90. The van der Waals surface area contributed by atoms with Crippen molar-refractivity contribution in [2.75, 3.05) is 0 Å². The summed E-state index contributed by atoms with van der Waals surface area (Å²) >= 11 is 0. The van der Waals surface area contributed by atoms with Gasteiger partial charge in [-0.25, -0.2) is 4.98 Å². The first-order valence-corrected chi connectivity index (χ1v) is 8.50. The van der Waals surface area contributed by atoms with Gasteiger partial charge in [-0.3, -0.25) is 0 Å². The first kappa shape index (κ1) is 11.8. The molecule has 4 saturated carbocycles. The molecule has 0 aliphatic heterocycles. The topological polar surface area (TPSA) is 52.0 Å². The van der Waals surface area contributed by atoms with Gasteiger partial charge in [-0.05, 0) is 62.2 Å². The van der Waals surface area contributed by atoms with Crippen LogP contribution in [0.1, 0.15) is 61.8 Å². The van der Waals surface area contributed by atoms with E-state index in [1.165, 1.54) is 37.8 Å². The van der Waals surface area contributed by atoms with Crippen molar-refractivity contribution in [3.63, 3.8) is 0 Å². The molecule has 1 unspecified atom stereocenters.